The molecule has 0 aromatic heterocycles. The van der Waals surface area contributed by atoms with E-state index in [2.05, 4.69) is 4.74 Å². The predicted molar refractivity (Wildman–Crippen MR) is 76.4 cm³/mol. The molecule has 2 N–H and O–H groups in total. The third kappa shape index (κ3) is 2.65. The Labute approximate surface area is 147 Å². The Kier molecular flexibility index (Phi) is 4.73. The molecule has 0 radical (unpaired) electrons. The lowest BCUT2D eigenvalue weighted by Gasteiger charge is -2.29. The van der Waals surface area contributed by atoms with Crippen molar-refractivity contribution in [3.8, 4) is 0 Å². The van der Waals surface area contributed by atoms with Crippen molar-refractivity contribution in [2.45, 2.75) is 30.5 Å². The summed E-state index contributed by atoms with van der Waals surface area (Å²) in [5.41, 5.74) is -11.5. The molecule has 1 aliphatic rings. The summed E-state index contributed by atoms with van der Waals surface area (Å²) < 4.78 is 84.1. The molecule has 0 spiro atoms. The van der Waals surface area contributed by atoms with Gasteiger partial charge in [0.15, 0.2) is 0 Å². The van der Waals surface area contributed by atoms with Gasteiger partial charge < -0.3 is 19.8 Å². The first-order valence-electron chi connectivity index (χ1n) is 7.31. The van der Waals surface area contributed by atoms with Crippen LogP contribution in [0.15, 0.2) is 18.2 Å². The maximum atomic E-state index is 13.4. The monoisotopic (exact) mass is 401 g/mol. The van der Waals surface area contributed by atoms with E-state index < -0.39 is 52.2 Å². The van der Waals surface area contributed by atoms with Gasteiger partial charge in [-0.05, 0) is 19.1 Å². The number of carbonyl (C=O) groups excluding carboxylic acids is 2. The lowest BCUT2D eigenvalue weighted by atomic mass is 9.87. The number of anilines is 1. The molecule has 2 rings (SSSR count). The van der Waals surface area contributed by atoms with Gasteiger partial charge in [0.1, 0.15) is 0 Å². The number of aliphatic hydroxyl groups is 2. The number of ether oxygens (including phenoxy) is 1. The van der Waals surface area contributed by atoms with Crippen LogP contribution in [0, 0.1) is 0 Å². The van der Waals surface area contributed by atoms with Gasteiger partial charge in [-0.2, -0.15) is 26.3 Å². The largest absolute Gasteiger partial charge is 0.466 e. The molecule has 2 atom stereocenters. The van der Waals surface area contributed by atoms with E-state index in [-0.39, 0.29) is 12.6 Å². The van der Waals surface area contributed by atoms with Crippen LogP contribution in [0.3, 0.4) is 0 Å². The number of amides is 1. The third-order valence-corrected chi connectivity index (χ3v) is 4.27. The number of methoxy groups -OCH3 is 1. The van der Waals surface area contributed by atoms with E-state index in [1.807, 2.05) is 0 Å². The minimum Gasteiger partial charge on any atom is -0.466 e. The summed E-state index contributed by atoms with van der Waals surface area (Å²) >= 11 is 0. The molecule has 1 aromatic carbocycles. The Balaban J connectivity index is 2.82. The van der Waals surface area contributed by atoms with Gasteiger partial charge >= 0.3 is 18.3 Å². The molecule has 1 amide bonds. The molecule has 1 aliphatic heterocycles. The highest BCUT2D eigenvalue weighted by Gasteiger charge is 2.68. The molecular weight excluding hydrogens is 388 g/mol. The van der Waals surface area contributed by atoms with Crippen molar-refractivity contribution in [2.24, 2.45) is 0 Å². The molecule has 0 saturated carbocycles. The number of likely N-dealkylation sites (N-methyl/N-ethyl adjacent to an activating group) is 1. The van der Waals surface area contributed by atoms with Crippen molar-refractivity contribution >= 4 is 17.6 Å². The first-order valence-corrected chi connectivity index (χ1v) is 7.31. The van der Waals surface area contributed by atoms with E-state index in [1.54, 1.807) is 0 Å². The summed E-state index contributed by atoms with van der Waals surface area (Å²) in [6, 6.07) is 1.33. The van der Waals surface area contributed by atoms with Crippen LogP contribution in [0.25, 0.3) is 0 Å². The molecule has 150 valence electrons. The maximum Gasteiger partial charge on any atom is 0.432 e. The maximum absolute atomic E-state index is 13.4. The van der Waals surface area contributed by atoms with Gasteiger partial charge in [-0.1, -0.05) is 6.07 Å². The molecule has 0 bridgehead atoms. The second-order valence-electron chi connectivity index (χ2n) is 5.69. The predicted octanol–water partition coefficient (Wildman–Crippen LogP) is 1.73. The minimum atomic E-state index is -5.66. The van der Waals surface area contributed by atoms with Gasteiger partial charge in [-0.25, -0.2) is 4.79 Å². The summed E-state index contributed by atoms with van der Waals surface area (Å²) in [4.78, 5) is 24.2. The number of carbonyl (C=O) groups is 2. The zero-order valence-corrected chi connectivity index (χ0v) is 13.8. The average molecular weight is 401 g/mol. The molecule has 27 heavy (non-hydrogen) atoms. The zero-order valence-electron chi connectivity index (χ0n) is 13.8. The number of benzene rings is 1. The zero-order chi connectivity index (χ0) is 21.0. The van der Waals surface area contributed by atoms with Crippen LogP contribution in [0.5, 0.6) is 0 Å². The van der Waals surface area contributed by atoms with E-state index in [0.29, 0.717) is 24.1 Å². The van der Waals surface area contributed by atoms with Crippen molar-refractivity contribution in [3.63, 3.8) is 0 Å². The van der Waals surface area contributed by atoms with E-state index >= 15 is 0 Å². The molecule has 0 unspecified atom stereocenters. The number of rotatable bonds is 3. The van der Waals surface area contributed by atoms with Gasteiger partial charge in [0.2, 0.25) is 0 Å². The first kappa shape index (κ1) is 21.0. The molecule has 1 aromatic rings. The van der Waals surface area contributed by atoms with E-state index in [9.17, 15) is 46.1 Å². The number of alkyl halides is 6. The van der Waals surface area contributed by atoms with Gasteiger partial charge in [0, 0.05) is 17.7 Å². The molecular formula is C15H13F6NO5. The fourth-order valence-corrected chi connectivity index (χ4v) is 2.84. The van der Waals surface area contributed by atoms with Crippen LogP contribution in [-0.4, -0.2) is 48.1 Å². The van der Waals surface area contributed by atoms with Crippen molar-refractivity contribution in [2.75, 3.05) is 18.6 Å². The van der Waals surface area contributed by atoms with E-state index in [4.69, 9.17) is 0 Å². The van der Waals surface area contributed by atoms with Crippen LogP contribution in [0.2, 0.25) is 0 Å². The summed E-state index contributed by atoms with van der Waals surface area (Å²) in [7, 11) is 0.542. The Morgan fingerprint density at radius 3 is 2.19 bits per heavy atom. The second-order valence-corrected chi connectivity index (χ2v) is 5.69. The molecule has 12 heteroatoms. The highest BCUT2D eigenvalue weighted by atomic mass is 19.4. The van der Waals surface area contributed by atoms with Crippen LogP contribution in [0.1, 0.15) is 18.1 Å². The van der Waals surface area contributed by atoms with Crippen LogP contribution >= 0.6 is 0 Å². The Bertz CT molecular complexity index is 792. The number of hydrogen-bond donors (Lipinski definition) is 2. The number of esters is 1. The third-order valence-electron chi connectivity index (χ3n) is 4.27. The van der Waals surface area contributed by atoms with Gasteiger partial charge in [-0.3, -0.25) is 4.79 Å². The van der Waals surface area contributed by atoms with Crippen LogP contribution in [0.4, 0.5) is 32.0 Å². The molecule has 0 saturated heterocycles. The fourth-order valence-electron chi connectivity index (χ4n) is 2.84. The summed E-state index contributed by atoms with van der Waals surface area (Å²) in [6.07, 6.45) is -11.2. The highest BCUT2D eigenvalue weighted by Crippen LogP contribution is 2.51. The second kappa shape index (κ2) is 6.09. The van der Waals surface area contributed by atoms with E-state index in [1.165, 1.54) is 6.92 Å². The van der Waals surface area contributed by atoms with Crippen LogP contribution < -0.4 is 4.90 Å². The quantitative estimate of drug-likeness (QED) is 0.595. The summed E-state index contributed by atoms with van der Waals surface area (Å²) in [5, 5.41) is 20.0. The number of halogens is 6. The lowest BCUT2D eigenvalue weighted by Crippen LogP contribution is -2.51. The van der Waals surface area contributed by atoms with Crippen molar-refractivity contribution < 1.29 is 50.9 Å². The topological polar surface area (TPSA) is 87.1 Å². The molecule has 0 aliphatic carbocycles. The number of hydrogen-bond acceptors (Lipinski definition) is 5. The number of fused-ring (bicyclic) bond motifs is 1. The Morgan fingerprint density at radius 2 is 1.78 bits per heavy atom. The SMILES string of the molecule is CCN1C(=O)[C@](O)(C(F)(F)F)c2cc([C@@](O)(C(=O)OC)C(F)(F)F)ccc21. The Hall–Kier alpha value is -2.34. The molecule has 6 nitrogen and oxygen atoms in total. The molecule has 0 fully saturated rings. The van der Waals surface area contributed by atoms with Crippen LogP contribution in [-0.2, 0) is 25.5 Å². The minimum absolute atomic E-state index is 0.126. The fraction of sp³-hybridized carbons (Fsp3) is 0.467. The smallest absolute Gasteiger partial charge is 0.432 e. The summed E-state index contributed by atoms with van der Waals surface area (Å²) in [5.74, 6) is -4.00. The van der Waals surface area contributed by atoms with Gasteiger partial charge in [0.25, 0.3) is 17.1 Å². The van der Waals surface area contributed by atoms with Gasteiger partial charge in [0.05, 0.1) is 12.8 Å². The number of nitrogens with zero attached hydrogens (tertiary/aromatic N) is 1. The molecule has 1 heterocycles. The highest BCUT2D eigenvalue weighted by molar-refractivity contribution is 6.07. The van der Waals surface area contributed by atoms with Crippen molar-refractivity contribution in [1.29, 1.82) is 0 Å². The standard InChI is InChI=1S/C15H13F6NO5/c1-3-22-9-5-4-7(12(25,11(24)27-2)14(16,17)18)6-8(9)13(26,10(22)23)15(19,20)21/h4-6,25-26H,3H2,1-2H3/t12-,13+/m1/s1. The van der Waals surface area contributed by atoms with Crippen molar-refractivity contribution in [3.05, 3.63) is 29.3 Å². The normalized spacial score (nSPS) is 22.4. The average Bonchev–Trinajstić information content (AvgIpc) is 2.80. The van der Waals surface area contributed by atoms with Gasteiger partial charge in [-0.15, -0.1) is 0 Å². The van der Waals surface area contributed by atoms with Crippen molar-refractivity contribution in [1.82, 2.24) is 0 Å². The van der Waals surface area contributed by atoms with E-state index in [0.717, 1.165) is 0 Å². The Morgan fingerprint density at radius 1 is 1.22 bits per heavy atom. The first-order chi connectivity index (χ1) is 12.2. The summed E-state index contributed by atoms with van der Waals surface area (Å²) in [6.45, 7) is 0.975. The lowest BCUT2D eigenvalue weighted by molar-refractivity contribution is -0.267.